The Labute approximate surface area is 109 Å². The predicted octanol–water partition coefficient (Wildman–Crippen LogP) is 0.587. The van der Waals surface area contributed by atoms with Crippen LogP contribution in [0.15, 0.2) is 0 Å². The molecule has 1 saturated carbocycles. The zero-order valence-corrected chi connectivity index (χ0v) is 11.4. The summed E-state index contributed by atoms with van der Waals surface area (Å²) in [6.07, 6.45) is 6.01. The Balaban J connectivity index is 1.45. The molecule has 3 fully saturated rings. The number of nitrogens with one attached hydrogen (secondary N) is 2. The first-order chi connectivity index (χ1) is 8.71. The van der Waals surface area contributed by atoms with Crippen molar-refractivity contribution in [3.63, 3.8) is 0 Å². The van der Waals surface area contributed by atoms with Gasteiger partial charge in [-0.1, -0.05) is 0 Å². The molecule has 2 unspecified atom stereocenters. The first-order valence-corrected chi connectivity index (χ1v) is 7.40. The molecule has 1 aliphatic carbocycles. The summed E-state index contributed by atoms with van der Waals surface area (Å²) < 4.78 is 0. The molecule has 3 rings (SSSR count). The highest BCUT2D eigenvalue weighted by atomic mass is 16.2. The van der Waals surface area contributed by atoms with E-state index < -0.39 is 0 Å². The summed E-state index contributed by atoms with van der Waals surface area (Å²) in [5.41, 5.74) is 0.372. The molecule has 1 amide bonds. The number of piperidine rings is 1. The Morgan fingerprint density at radius 3 is 2.89 bits per heavy atom. The van der Waals surface area contributed by atoms with Crippen LogP contribution in [0.5, 0.6) is 0 Å². The largest absolute Gasteiger partial charge is 0.354 e. The lowest BCUT2D eigenvalue weighted by molar-refractivity contribution is -0.123. The van der Waals surface area contributed by atoms with Crippen molar-refractivity contribution < 1.29 is 4.79 Å². The molecule has 0 radical (unpaired) electrons. The Kier molecular flexibility index (Phi) is 3.32. The average Bonchev–Trinajstić information content (AvgIpc) is 2.90. The smallest absolute Gasteiger partial charge is 0.223 e. The highest BCUT2D eigenvalue weighted by Gasteiger charge is 2.57. The van der Waals surface area contributed by atoms with E-state index in [9.17, 15) is 4.79 Å². The number of carbonyl (C=O) groups excluding carboxylic acids is 1. The van der Waals surface area contributed by atoms with Crippen molar-refractivity contribution in [3.8, 4) is 0 Å². The number of nitrogens with zero attached hydrogens (tertiary/aromatic N) is 1. The number of amides is 1. The molecule has 0 bridgehead atoms. The summed E-state index contributed by atoms with van der Waals surface area (Å²) in [5, 5.41) is 6.57. The van der Waals surface area contributed by atoms with E-state index in [0.29, 0.717) is 23.3 Å². The van der Waals surface area contributed by atoms with Crippen LogP contribution in [0.3, 0.4) is 0 Å². The van der Waals surface area contributed by atoms with Gasteiger partial charge in [0, 0.05) is 18.5 Å². The van der Waals surface area contributed by atoms with Gasteiger partial charge in [0.05, 0.1) is 0 Å². The molecule has 0 aromatic heterocycles. The summed E-state index contributed by atoms with van der Waals surface area (Å²) in [4.78, 5) is 14.6. The van der Waals surface area contributed by atoms with Gasteiger partial charge in [0.1, 0.15) is 0 Å². The number of hydrogen-bond acceptors (Lipinski definition) is 3. The second-order valence-corrected chi connectivity index (χ2v) is 6.39. The third kappa shape index (κ3) is 2.28. The van der Waals surface area contributed by atoms with Crippen LogP contribution < -0.4 is 10.6 Å². The van der Waals surface area contributed by atoms with Gasteiger partial charge in [0.25, 0.3) is 0 Å². The van der Waals surface area contributed by atoms with Crippen molar-refractivity contribution in [3.05, 3.63) is 0 Å². The lowest BCUT2D eigenvalue weighted by atomic mass is 9.92. The van der Waals surface area contributed by atoms with Gasteiger partial charge in [0.2, 0.25) is 5.91 Å². The Morgan fingerprint density at radius 2 is 2.22 bits per heavy atom. The zero-order chi connectivity index (χ0) is 12.6. The molecule has 3 aliphatic rings. The molecule has 0 aromatic carbocycles. The van der Waals surface area contributed by atoms with Gasteiger partial charge in [-0.15, -0.1) is 0 Å². The summed E-state index contributed by atoms with van der Waals surface area (Å²) in [6, 6.07) is 0.566. The molecule has 4 nitrogen and oxygen atoms in total. The molecule has 1 spiro atoms. The van der Waals surface area contributed by atoms with E-state index in [2.05, 4.69) is 22.6 Å². The minimum atomic E-state index is 0.311. The number of likely N-dealkylation sites (N-methyl/N-ethyl adjacent to an activating group) is 1. The maximum atomic E-state index is 12.2. The first-order valence-electron chi connectivity index (χ1n) is 7.40. The molecular formula is C14H25N3O. The van der Waals surface area contributed by atoms with Crippen LogP contribution in [0.4, 0.5) is 0 Å². The number of hydrogen-bond donors (Lipinski definition) is 2. The quantitative estimate of drug-likeness (QED) is 0.771. The molecule has 18 heavy (non-hydrogen) atoms. The predicted molar refractivity (Wildman–Crippen MR) is 71.3 cm³/mol. The summed E-state index contributed by atoms with van der Waals surface area (Å²) >= 11 is 0. The monoisotopic (exact) mass is 251 g/mol. The van der Waals surface area contributed by atoms with E-state index >= 15 is 0 Å². The van der Waals surface area contributed by atoms with Crippen LogP contribution in [0, 0.1) is 11.3 Å². The average molecular weight is 251 g/mol. The van der Waals surface area contributed by atoms with Gasteiger partial charge in [-0.25, -0.2) is 0 Å². The normalized spacial score (nSPS) is 34.7. The molecule has 2 saturated heterocycles. The van der Waals surface area contributed by atoms with Crippen LogP contribution in [0.25, 0.3) is 0 Å². The van der Waals surface area contributed by atoms with Crippen molar-refractivity contribution in [2.75, 3.05) is 33.2 Å². The first kappa shape index (κ1) is 12.4. The lowest BCUT2D eigenvalue weighted by Gasteiger charge is -2.24. The minimum absolute atomic E-state index is 0.311. The topological polar surface area (TPSA) is 44.4 Å². The third-order valence-electron chi connectivity index (χ3n) is 5.29. The van der Waals surface area contributed by atoms with E-state index in [-0.39, 0.29) is 0 Å². The fourth-order valence-corrected chi connectivity index (χ4v) is 3.77. The minimum Gasteiger partial charge on any atom is -0.354 e. The van der Waals surface area contributed by atoms with Crippen molar-refractivity contribution >= 4 is 5.91 Å². The Morgan fingerprint density at radius 1 is 1.44 bits per heavy atom. The molecule has 2 atom stereocenters. The van der Waals surface area contributed by atoms with E-state index in [1.165, 1.54) is 32.2 Å². The summed E-state index contributed by atoms with van der Waals surface area (Å²) in [5.74, 6) is 0.628. The van der Waals surface area contributed by atoms with Crippen LogP contribution in [-0.4, -0.2) is 50.1 Å². The zero-order valence-electron chi connectivity index (χ0n) is 11.4. The summed E-state index contributed by atoms with van der Waals surface area (Å²) in [7, 11) is 2.16. The third-order valence-corrected chi connectivity index (χ3v) is 5.29. The van der Waals surface area contributed by atoms with E-state index in [1.54, 1.807) is 0 Å². The van der Waals surface area contributed by atoms with Crippen molar-refractivity contribution in [1.82, 2.24) is 15.5 Å². The van der Waals surface area contributed by atoms with Gasteiger partial charge >= 0.3 is 0 Å². The SMILES string of the molecule is CN1CCCC1CNC(=O)C1CC12CCNCC2. The maximum Gasteiger partial charge on any atom is 0.223 e. The van der Waals surface area contributed by atoms with Gasteiger partial charge in [-0.2, -0.15) is 0 Å². The number of likely N-dealkylation sites (tertiary alicyclic amines) is 1. The van der Waals surface area contributed by atoms with Crippen molar-refractivity contribution in [1.29, 1.82) is 0 Å². The van der Waals surface area contributed by atoms with E-state index in [1.807, 2.05) is 0 Å². The van der Waals surface area contributed by atoms with E-state index in [4.69, 9.17) is 0 Å². The fraction of sp³-hybridized carbons (Fsp3) is 0.929. The van der Waals surface area contributed by atoms with Crippen LogP contribution in [0.2, 0.25) is 0 Å². The second-order valence-electron chi connectivity index (χ2n) is 6.39. The second kappa shape index (κ2) is 4.82. The van der Waals surface area contributed by atoms with Crippen LogP contribution in [0.1, 0.15) is 32.1 Å². The molecule has 2 aliphatic heterocycles. The van der Waals surface area contributed by atoms with Gasteiger partial charge in [-0.05, 0) is 64.2 Å². The molecule has 102 valence electrons. The fourth-order valence-electron chi connectivity index (χ4n) is 3.77. The van der Waals surface area contributed by atoms with Crippen molar-refractivity contribution in [2.24, 2.45) is 11.3 Å². The van der Waals surface area contributed by atoms with E-state index in [0.717, 1.165) is 26.1 Å². The highest BCUT2D eigenvalue weighted by Crippen LogP contribution is 2.58. The summed E-state index contributed by atoms with van der Waals surface area (Å²) in [6.45, 7) is 4.21. The molecular weight excluding hydrogens is 226 g/mol. The Hall–Kier alpha value is -0.610. The molecule has 2 heterocycles. The van der Waals surface area contributed by atoms with Crippen LogP contribution >= 0.6 is 0 Å². The number of carbonyl (C=O) groups is 1. The van der Waals surface area contributed by atoms with Gasteiger partial charge in [0.15, 0.2) is 0 Å². The highest BCUT2D eigenvalue weighted by molar-refractivity contribution is 5.82. The Bertz CT molecular complexity index is 325. The molecule has 2 N–H and O–H groups in total. The van der Waals surface area contributed by atoms with Crippen molar-refractivity contribution in [2.45, 2.75) is 38.1 Å². The molecule has 0 aromatic rings. The lowest BCUT2D eigenvalue weighted by Crippen LogP contribution is -2.40. The van der Waals surface area contributed by atoms with Gasteiger partial charge < -0.3 is 15.5 Å². The molecule has 4 heteroatoms. The van der Waals surface area contributed by atoms with Gasteiger partial charge in [-0.3, -0.25) is 4.79 Å². The standard InChI is InChI=1S/C14H25N3O/c1-17-8-2-3-11(17)10-16-13(18)12-9-14(12)4-6-15-7-5-14/h11-12,15H,2-10H2,1H3,(H,16,18). The van der Waals surface area contributed by atoms with Crippen LogP contribution in [-0.2, 0) is 4.79 Å². The number of rotatable bonds is 3. The maximum absolute atomic E-state index is 12.2.